The van der Waals surface area contributed by atoms with E-state index in [0.29, 0.717) is 12.0 Å². The van der Waals surface area contributed by atoms with E-state index >= 15 is 0 Å². The topological polar surface area (TPSA) is 53.9 Å². The summed E-state index contributed by atoms with van der Waals surface area (Å²) in [5.41, 5.74) is 0. The third-order valence-corrected chi connectivity index (χ3v) is 2.05. The standard InChI is InChI=1S/C10H19N5/c1-5-15(6-2)9-7-11-14-10(13-9)12-8(3)4/h7-8H,5-6H2,1-4H3,(H,12,13,14). The van der Waals surface area contributed by atoms with Gasteiger partial charge in [-0.3, -0.25) is 0 Å². The van der Waals surface area contributed by atoms with Crippen molar-refractivity contribution in [3.8, 4) is 0 Å². The molecule has 0 fully saturated rings. The molecule has 5 nitrogen and oxygen atoms in total. The quantitative estimate of drug-likeness (QED) is 0.797. The van der Waals surface area contributed by atoms with Crippen molar-refractivity contribution in [2.75, 3.05) is 23.3 Å². The fourth-order valence-electron chi connectivity index (χ4n) is 1.31. The largest absolute Gasteiger partial charge is 0.356 e. The van der Waals surface area contributed by atoms with Crippen LogP contribution in [-0.2, 0) is 0 Å². The van der Waals surface area contributed by atoms with E-state index in [-0.39, 0.29) is 0 Å². The lowest BCUT2D eigenvalue weighted by molar-refractivity contribution is 0.807. The Balaban J connectivity index is 2.81. The number of nitrogens with zero attached hydrogens (tertiary/aromatic N) is 4. The Morgan fingerprint density at radius 1 is 1.33 bits per heavy atom. The Kier molecular flexibility index (Phi) is 4.27. The molecule has 1 aromatic rings. The van der Waals surface area contributed by atoms with E-state index in [1.807, 2.05) is 13.8 Å². The van der Waals surface area contributed by atoms with Crippen LogP contribution in [-0.4, -0.2) is 34.3 Å². The third-order valence-electron chi connectivity index (χ3n) is 2.05. The summed E-state index contributed by atoms with van der Waals surface area (Å²) in [4.78, 5) is 6.54. The first-order valence-electron chi connectivity index (χ1n) is 5.38. The highest BCUT2D eigenvalue weighted by atomic mass is 15.3. The van der Waals surface area contributed by atoms with Gasteiger partial charge in [0.25, 0.3) is 0 Å². The monoisotopic (exact) mass is 209 g/mol. The van der Waals surface area contributed by atoms with Crippen molar-refractivity contribution in [2.45, 2.75) is 33.7 Å². The van der Waals surface area contributed by atoms with Gasteiger partial charge in [0, 0.05) is 19.1 Å². The van der Waals surface area contributed by atoms with Crippen LogP contribution in [0.4, 0.5) is 11.8 Å². The first-order valence-corrected chi connectivity index (χ1v) is 5.38. The van der Waals surface area contributed by atoms with Gasteiger partial charge >= 0.3 is 0 Å². The number of hydrogen-bond acceptors (Lipinski definition) is 5. The number of rotatable bonds is 5. The number of aromatic nitrogens is 3. The molecule has 0 spiro atoms. The van der Waals surface area contributed by atoms with Crippen LogP contribution in [0.2, 0.25) is 0 Å². The van der Waals surface area contributed by atoms with Crippen molar-refractivity contribution in [1.82, 2.24) is 15.2 Å². The number of anilines is 2. The minimum Gasteiger partial charge on any atom is -0.356 e. The van der Waals surface area contributed by atoms with Gasteiger partial charge in [-0.15, -0.1) is 5.10 Å². The molecular formula is C10H19N5. The Hall–Kier alpha value is -1.39. The zero-order valence-electron chi connectivity index (χ0n) is 9.86. The highest BCUT2D eigenvalue weighted by molar-refractivity contribution is 5.39. The van der Waals surface area contributed by atoms with Crippen molar-refractivity contribution in [3.05, 3.63) is 6.20 Å². The molecule has 15 heavy (non-hydrogen) atoms. The van der Waals surface area contributed by atoms with E-state index in [4.69, 9.17) is 0 Å². The maximum absolute atomic E-state index is 4.40. The summed E-state index contributed by atoms with van der Waals surface area (Å²) in [6.07, 6.45) is 1.69. The smallest absolute Gasteiger partial charge is 0.244 e. The van der Waals surface area contributed by atoms with Crippen molar-refractivity contribution >= 4 is 11.8 Å². The summed E-state index contributed by atoms with van der Waals surface area (Å²) < 4.78 is 0. The molecule has 0 saturated heterocycles. The molecule has 1 aromatic heterocycles. The Morgan fingerprint density at radius 3 is 2.53 bits per heavy atom. The molecule has 1 heterocycles. The van der Waals surface area contributed by atoms with E-state index in [2.05, 4.69) is 39.2 Å². The summed E-state index contributed by atoms with van der Waals surface area (Å²) in [6, 6.07) is 0.318. The summed E-state index contributed by atoms with van der Waals surface area (Å²) >= 11 is 0. The van der Waals surface area contributed by atoms with E-state index in [9.17, 15) is 0 Å². The predicted octanol–water partition coefficient (Wildman–Crippen LogP) is 1.54. The van der Waals surface area contributed by atoms with Crippen molar-refractivity contribution in [3.63, 3.8) is 0 Å². The fraction of sp³-hybridized carbons (Fsp3) is 0.700. The molecule has 1 rings (SSSR count). The van der Waals surface area contributed by atoms with Gasteiger partial charge in [-0.2, -0.15) is 10.1 Å². The van der Waals surface area contributed by atoms with E-state index in [0.717, 1.165) is 18.9 Å². The average molecular weight is 209 g/mol. The van der Waals surface area contributed by atoms with Gasteiger partial charge in [0.15, 0.2) is 5.82 Å². The summed E-state index contributed by atoms with van der Waals surface area (Å²) in [5, 5.41) is 11.0. The normalized spacial score (nSPS) is 10.5. The second-order valence-electron chi connectivity index (χ2n) is 3.61. The molecule has 84 valence electrons. The molecule has 0 saturated carbocycles. The van der Waals surface area contributed by atoms with Crippen LogP contribution in [0.25, 0.3) is 0 Å². The highest BCUT2D eigenvalue weighted by Gasteiger charge is 2.06. The van der Waals surface area contributed by atoms with Gasteiger partial charge in [0.2, 0.25) is 5.95 Å². The minimum atomic E-state index is 0.318. The molecule has 0 unspecified atom stereocenters. The lowest BCUT2D eigenvalue weighted by atomic mass is 10.4. The second kappa shape index (κ2) is 5.48. The van der Waals surface area contributed by atoms with Crippen LogP contribution in [0, 0.1) is 0 Å². The van der Waals surface area contributed by atoms with Crippen molar-refractivity contribution < 1.29 is 0 Å². The maximum atomic E-state index is 4.40. The van der Waals surface area contributed by atoms with Crippen molar-refractivity contribution in [1.29, 1.82) is 0 Å². The Bertz CT molecular complexity index is 296. The molecule has 0 aliphatic heterocycles. The van der Waals surface area contributed by atoms with Gasteiger partial charge in [0.1, 0.15) is 0 Å². The summed E-state index contributed by atoms with van der Waals surface area (Å²) in [7, 11) is 0. The first-order chi connectivity index (χ1) is 7.17. The zero-order valence-corrected chi connectivity index (χ0v) is 9.86. The summed E-state index contributed by atoms with van der Waals surface area (Å²) in [5.74, 6) is 1.47. The Morgan fingerprint density at radius 2 is 2.00 bits per heavy atom. The van der Waals surface area contributed by atoms with Crippen LogP contribution in [0.5, 0.6) is 0 Å². The zero-order chi connectivity index (χ0) is 11.3. The molecule has 0 aromatic carbocycles. The molecule has 0 aliphatic rings. The van der Waals surface area contributed by atoms with E-state index in [1.165, 1.54) is 0 Å². The molecule has 0 radical (unpaired) electrons. The first kappa shape index (κ1) is 11.7. The molecule has 5 heteroatoms. The van der Waals surface area contributed by atoms with Crippen LogP contribution in [0.15, 0.2) is 6.20 Å². The third kappa shape index (κ3) is 3.34. The lowest BCUT2D eigenvalue weighted by Gasteiger charge is -2.19. The molecule has 0 amide bonds. The van der Waals surface area contributed by atoms with Gasteiger partial charge in [-0.1, -0.05) is 0 Å². The lowest BCUT2D eigenvalue weighted by Crippen LogP contribution is -2.24. The maximum Gasteiger partial charge on any atom is 0.244 e. The molecular weight excluding hydrogens is 190 g/mol. The number of nitrogens with one attached hydrogen (secondary N) is 1. The molecule has 0 bridgehead atoms. The van der Waals surface area contributed by atoms with Crippen LogP contribution in [0.1, 0.15) is 27.7 Å². The van der Waals surface area contributed by atoms with Gasteiger partial charge in [-0.25, -0.2) is 0 Å². The minimum absolute atomic E-state index is 0.318. The van der Waals surface area contributed by atoms with Gasteiger partial charge in [0.05, 0.1) is 6.20 Å². The van der Waals surface area contributed by atoms with Gasteiger partial charge < -0.3 is 10.2 Å². The van der Waals surface area contributed by atoms with Crippen LogP contribution < -0.4 is 10.2 Å². The molecule has 0 aliphatic carbocycles. The van der Waals surface area contributed by atoms with Gasteiger partial charge in [-0.05, 0) is 27.7 Å². The predicted molar refractivity (Wildman–Crippen MR) is 62.1 cm³/mol. The Labute approximate surface area is 90.9 Å². The van der Waals surface area contributed by atoms with Crippen molar-refractivity contribution in [2.24, 2.45) is 0 Å². The number of hydrogen-bond donors (Lipinski definition) is 1. The average Bonchev–Trinajstić information content (AvgIpc) is 2.19. The van der Waals surface area contributed by atoms with E-state index in [1.54, 1.807) is 6.20 Å². The second-order valence-corrected chi connectivity index (χ2v) is 3.61. The fourth-order valence-corrected chi connectivity index (χ4v) is 1.31. The summed E-state index contributed by atoms with van der Waals surface area (Å²) in [6.45, 7) is 10.1. The highest BCUT2D eigenvalue weighted by Crippen LogP contribution is 2.10. The SMILES string of the molecule is CCN(CC)c1cnnc(NC(C)C)n1. The molecule has 1 N–H and O–H groups in total. The molecule has 0 atom stereocenters. The van der Waals surface area contributed by atoms with E-state index < -0.39 is 0 Å². The van der Waals surface area contributed by atoms with Crippen LogP contribution in [0.3, 0.4) is 0 Å². The van der Waals surface area contributed by atoms with Crippen LogP contribution >= 0.6 is 0 Å².